The number of amides is 2. The molecule has 2 aliphatic heterocycles. The number of methoxy groups -OCH3 is 1. The molecule has 0 saturated carbocycles. The molecule has 2 aromatic carbocycles. The van der Waals surface area contributed by atoms with E-state index in [1.807, 2.05) is 12.1 Å². The third-order valence-corrected chi connectivity index (χ3v) is 6.27. The number of halogens is 1. The molecule has 0 spiro atoms. The number of hydrogen-bond acceptors (Lipinski definition) is 5. The van der Waals surface area contributed by atoms with E-state index in [0.717, 1.165) is 26.2 Å². The summed E-state index contributed by atoms with van der Waals surface area (Å²) in [5, 5.41) is 6.13. The molecule has 168 valence electrons. The number of anilines is 1. The molecule has 2 aromatic rings. The summed E-state index contributed by atoms with van der Waals surface area (Å²) in [7, 11) is 1.34. The van der Waals surface area contributed by atoms with Gasteiger partial charge in [0, 0.05) is 49.1 Å². The second kappa shape index (κ2) is 9.63. The highest BCUT2D eigenvalue weighted by atomic mass is 35.5. The Balaban J connectivity index is 1.55. The van der Waals surface area contributed by atoms with Crippen LogP contribution in [-0.2, 0) is 9.53 Å². The van der Waals surface area contributed by atoms with E-state index in [-0.39, 0.29) is 6.03 Å². The molecule has 4 rings (SSSR count). The predicted molar refractivity (Wildman–Crippen MR) is 125 cm³/mol. The Labute approximate surface area is 193 Å². The molecule has 8 heteroatoms. The number of nitrogens with one attached hydrogen (secondary N) is 2. The summed E-state index contributed by atoms with van der Waals surface area (Å²) in [6.45, 7) is 5.88. The monoisotopic (exact) mass is 454 g/mol. The van der Waals surface area contributed by atoms with Gasteiger partial charge in [-0.3, -0.25) is 4.90 Å². The minimum atomic E-state index is -0.672. The van der Waals surface area contributed by atoms with Gasteiger partial charge in [0.15, 0.2) is 0 Å². The minimum absolute atomic E-state index is 0.365. The van der Waals surface area contributed by atoms with Crippen LogP contribution in [0.1, 0.15) is 17.2 Å². The van der Waals surface area contributed by atoms with Crippen molar-refractivity contribution in [1.29, 1.82) is 0 Å². The number of esters is 1. The lowest BCUT2D eigenvalue weighted by molar-refractivity contribution is -0.136. The van der Waals surface area contributed by atoms with Crippen LogP contribution in [0, 0.1) is 6.92 Å². The average molecular weight is 455 g/mol. The van der Waals surface area contributed by atoms with Crippen molar-refractivity contribution in [2.24, 2.45) is 0 Å². The highest BCUT2D eigenvalue weighted by Crippen LogP contribution is 2.32. The van der Waals surface area contributed by atoms with Crippen molar-refractivity contribution < 1.29 is 14.3 Å². The van der Waals surface area contributed by atoms with Crippen molar-refractivity contribution in [2.45, 2.75) is 13.0 Å². The van der Waals surface area contributed by atoms with Crippen LogP contribution in [0.25, 0.3) is 0 Å². The van der Waals surface area contributed by atoms with Crippen molar-refractivity contribution in [2.75, 3.05) is 44.7 Å². The van der Waals surface area contributed by atoms with Gasteiger partial charge in [-0.05, 0) is 30.7 Å². The molecule has 1 fully saturated rings. The number of rotatable bonds is 5. The van der Waals surface area contributed by atoms with Crippen LogP contribution < -0.4 is 15.5 Å². The van der Waals surface area contributed by atoms with E-state index in [2.05, 4.69) is 51.6 Å². The van der Waals surface area contributed by atoms with Gasteiger partial charge < -0.3 is 20.3 Å². The molecular weight excluding hydrogens is 428 g/mol. The molecule has 2 N–H and O–H groups in total. The first-order valence-corrected chi connectivity index (χ1v) is 11.0. The first kappa shape index (κ1) is 22.2. The van der Waals surface area contributed by atoms with E-state index in [9.17, 15) is 9.59 Å². The highest BCUT2D eigenvalue weighted by Gasteiger charge is 2.35. The zero-order valence-corrected chi connectivity index (χ0v) is 19.0. The van der Waals surface area contributed by atoms with Crippen LogP contribution in [0.2, 0.25) is 5.02 Å². The summed E-state index contributed by atoms with van der Waals surface area (Å²) in [6.07, 6.45) is 0. The maximum absolute atomic E-state index is 12.7. The van der Waals surface area contributed by atoms with Crippen LogP contribution in [-0.4, -0.2) is 56.7 Å². The summed E-state index contributed by atoms with van der Waals surface area (Å²) in [4.78, 5) is 29.8. The van der Waals surface area contributed by atoms with Crippen molar-refractivity contribution in [3.63, 3.8) is 0 Å². The Morgan fingerprint density at radius 1 is 1.09 bits per heavy atom. The van der Waals surface area contributed by atoms with Crippen LogP contribution in [0.4, 0.5) is 10.5 Å². The van der Waals surface area contributed by atoms with Gasteiger partial charge in [0.1, 0.15) is 0 Å². The van der Waals surface area contributed by atoms with E-state index in [4.69, 9.17) is 16.3 Å². The summed E-state index contributed by atoms with van der Waals surface area (Å²) in [5.74, 6) is -0.490. The molecule has 2 heterocycles. The van der Waals surface area contributed by atoms with E-state index in [1.165, 1.54) is 18.4 Å². The van der Waals surface area contributed by atoms with Gasteiger partial charge in [0.05, 0.1) is 18.7 Å². The standard InChI is InChI=1S/C24H27ClN4O3/c1-16-7-9-17(10-8-16)29-13-11-28(12-14-29)15-20-21(23(30)32-2)22(27-24(31)26-20)18-5-3-4-6-19(18)25/h3-10,22H,11-15H2,1-2H3,(H2,26,27,31)/t22-/m0/s1. The van der Waals surface area contributed by atoms with E-state index >= 15 is 0 Å². The smallest absolute Gasteiger partial charge is 0.338 e. The van der Waals surface area contributed by atoms with Gasteiger partial charge in [0.25, 0.3) is 0 Å². The van der Waals surface area contributed by atoms with Gasteiger partial charge in [-0.1, -0.05) is 47.5 Å². The van der Waals surface area contributed by atoms with Crippen molar-refractivity contribution >= 4 is 29.3 Å². The number of aryl methyl sites for hydroxylation is 1. The molecule has 32 heavy (non-hydrogen) atoms. The van der Waals surface area contributed by atoms with Crippen LogP contribution in [0.5, 0.6) is 0 Å². The zero-order chi connectivity index (χ0) is 22.7. The predicted octanol–water partition coefficient (Wildman–Crippen LogP) is 3.25. The SMILES string of the molecule is COC(=O)C1=C(CN2CCN(c3ccc(C)cc3)CC2)NC(=O)N[C@H]1c1ccccc1Cl. The largest absolute Gasteiger partial charge is 0.466 e. The normalized spacial score (nSPS) is 19.4. The summed E-state index contributed by atoms with van der Waals surface area (Å²) in [6, 6.07) is 14.7. The summed E-state index contributed by atoms with van der Waals surface area (Å²) in [5.41, 5.74) is 4.03. The summed E-state index contributed by atoms with van der Waals surface area (Å²) < 4.78 is 5.06. The molecule has 2 amide bonds. The van der Waals surface area contributed by atoms with E-state index in [1.54, 1.807) is 12.1 Å². The second-order valence-corrected chi connectivity index (χ2v) is 8.44. The van der Waals surface area contributed by atoms with Crippen molar-refractivity contribution in [3.05, 3.63) is 76.0 Å². The third kappa shape index (κ3) is 4.74. The van der Waals surface area contributed by atoms with Crippen LogP contribution >= 0.6 is 11.6 Å². The quantitative estimate of drug-likeness (QED) is 0.678. The fourth-order valence-electron chi connectivity index (χ4n) is 4.18. The molecular formula is C24H27ClN4O3. The lowest BCUT2D eigenvalue weighted by Gasteiger charge is -2.38. The number of hydrogen-bond donors (Lipinski definition) is 2. The summed E-state index contributed by atoms with van der Waals surface area (Å²) >= 11 is 6.38. The average Bonchev–Trinajstić information content (AvgIpc) is 2.80. The van der Waals surface area contributed by atoms with E-state index < -0.39 is 12.0 Å². The molecule has 0 aromatic heterocycles. The van der Waals surface area contributed by atoms with Gasteiger partial charge in [0.2, 0.25) is 0 Å². The number of piperazine rings is 1. The first-order valence-electron chi connectivity index (χ1n) is 10.6. The second-order valence-electron chi connectivity index (χ2n) is 8.04. The molecule has 0 radical (unpaired) electrons. The number of ether oxygens (including phenoxy) is 1. The number of carbonyl (C=O) groups excluding carboxylic acids is 2. The highest BCUT2D eigenvalue weighted by molar-refractivity contribution is 6.31. The lowest BCUT2D eigenvalue weighted by Crippen LogP contribution is -2.51. The number of benzene rings is 2. The van der Waals surface area contributed by atoms with E-state index in [0.29, 0.717) is 28.4 Å². The first-order chi connectivity index (χ1) is 15.5. The topological polar surface area (TPSA) is 73.9 Å². The fraction of sp³-hybridized carbons (Fsp3) is 0.333. The van der Waals surface area contributed by atoms with Gasteiger partial charge >= 0.3 is 12.0 Å². The maximum Gasteiger partial charge on any atom is 0.338 e. The molecule has 2 aliphatic rings. The lowest BCUT2D eigenvalue weighted by atomic mass is 9.95. The van der Waals surface area contributed by atoms with Crippen LogP contribution in [0.15, 0.2) is 59.8 Å². The zero-order valence-electron chi connectivity index (χ0n) is 18.2. The molecule has 1 saturated heterocycles. The Hall–Kier alpha value is -3.03. The number of urea groups is 1. The Morgan fingerprint density at radius 3 is 2.44 bits per heavy atom. The Morgan fingerprint density at radius 2 is 1.78 bits per heavy atom. The molecule has 1 atom stereocenters. The van der Waals surface area contributed by atoms with Crippen molar-refractivity contribution in [1.82, 2.24) is 15.5 Å². The molecule has 7 nitrogen and oxygen atoms in total. The maximum atomic E-state index is 12.7. The Kier molecular flexibility index (Phi) is 6.67. The number of carbonyl (C=O) groups is 2. The third-order valence-electron chi connectivity index (χ3n) is 5.93. The van der Waals surface area contributed by atoms with Crippen LogP contribution in [0.3, 0.4) is 0 Å². The fourth-order valence-corrected chi connectivity index (χ4v) is 4.42. The Bertz CT molecular complexity index is 1030. The van der Waals surface area contributed by atoms with Crippen molar-refractivity contribution in [3.8, 4) is 0 Å². The molecule has 0 aliphatic carbocycles. The number of nitrogens with zero attached hydrogens (tertiary/aromatic N) is 2. The minimum Gasteiger partial charge on any atom is -0.466 e. The molecule has 0 unspecified atom stereocenters. The van der Waals surface area contributed by atoms with Gasteiger partial charge in [-0.25, -0.2) is 9.59 Å². The van der Waals surface area contributed by atoms with Gasteiger partial charge in [-0.2, -0.15) is 0 Å². The molecule has 0 bridgehead atoms. The van der Waals surface area contributed by atoms with Gasteiger partial charge in [-0.15, -0.1) is 0 Å².